The number of amides is 1. The molecule has 1 saturated carbocycles. The predicted octanol–water partition coefficient (Wildman–Crippen LogP) is 2.79. The maximum Gasteiger partial charge on any atom is 0.387 e. The van der Waals surface area contributed by atoms with Gasteiger partial charge < -0.3 is 14.5 Å². The Morgan fingerprint density at radius 1 is 1.17 bits per heavy atom. The molecule has 182 valence electrons. The van der Waals surface area contributed by atoms with Crippen molar-refractivity contribution < 1.29 is 22.7 Å². The molecule has 1 aliphatic carbocycles. The van der Waals surface area contributed by atoms with Gasteiger partial charge >= 0.3 is 6.61 Å². The van der Waals surface area contributed by atoms with Gasteiger partial charge in [-0.25, -0.2) is 9.37 Å². The van der Waals surface area contributed by atoms with E-state index in [2.05, 4.69) is 14.7 Å². The molecule has 2 aromatic heterocycles. The van der Waals surface area contributed by atoms with Gasteiger partial charge in [0.25, 0.3) is 11.5 Å². The lowest BCUT2D eigenvalue weighted by Gasteiger charge is -2.26. The number of alkyl halides is 2. The summed E-state index contributed by atoms with van der Waals surface area (Å²) in [6, 6.07) is 8.48. The average molecular weight is 485 g/mol. The molecule has 2 fully saturated rings. The van der Waals surface area contributed by atoms with Gasteiger partial charge in [0.15, 0.2) is 5.82 Å². The van der Waals surface area contributed by atoms with Crippen LogP contribution in [0.5, 0.6) is 5.75 Å². The minimum atomic E-state index is -2.92. The van der Waals surface area contributed by atoms with E-state index >= 15 is 0 Å². The van der Waals surface area contributed by atoms with Crippen LogP contribution in [0.4, 0.5) is 19.1 Å². The first kappa shape index (κ1) is 22.9. The largest absolute Gasteiger partial charge is 0.435 e. The number of anilines is 1. The SMILES string of the molecule is CN(c1nc(-c2ccncc2F)cc(=O)n1C)C1[C@H]2CN(C(=O)c3ccc(OC(F)F)cc3)C[C@@H]12. The summed E-state index contributed by atoms with van der Waals surface area (Å²) in [5.41, 5.74) is 0.519. The summed E-state index contributed by atoms with van der Waals surface area (Å²) in [5, 5.41) is 0. The van der Waals surface area contributed by atoms with Crippen molar-refractivity contribution in [3.8, 4) is 17.0 Å². The van der Waals surface area contributed by atoms with E-state index < -0.39 is 12.4 Å². The lowest BCUT2D eigenvalue weighted by Crippen LogP contribution is -2.38. The molecular formula is C24H22F3N5O3. The van der Waals surface area contributed by atoms with Crippen LogP contribution in [0.25, 0.3) is 11.3 Å². The smallest absolute Gasteiger partial charge is 0.387 e. The van der Waals surface area contributed by atoms with Gasteiger partial charge in [-0.15, -0.1) is 0 Å². The number of likely N-dealkylation sites (tertiary alicyclic amines) is 1. The number of fused-ring (bicyclic) bond motifs is 1. The molecule has 0 N–H and O–H groups in total. The normalized spacial score (nSPS) is 20.6. The van der Waals surface area contributed by atoms with Gasteiger partial charge in [0, 0.05) is 68.5 Å². The Kier molecular flexibility index (Phi) is 5.70. The molecule has 5 rings (SSSR count). The summed E-state index contributed by atoms with van der Waals surface area (Å²) in [6.07, 6.45) is 2.52. The van der Waals surface area contributed by atoms with E-state index in [1.807, 2.05) is 11.9 Å². The molecule has 0 spiro atoms. The van der Waals surface area contributed by atoms with Crippen molar-refractivity contribution in [1.29, 1.82) is 0 Å². The van der Waals surface area contributed by atoms with Crippen LogP contribution in [-0.4, -0.2) is 58.1 Å². The molecular weight excluding hydrogens is 463 g/mol. The molecule has 1 aliphatic heterocycles. The van der Waals surface area contributed by atoms with Gasteiger partial charge in [0.2, 0.25) is 5.95 Å². The monoisotopic (exact) mass is 485 g/mol. The molecule has 2 aliphatic rings. The molecule has 11 heteroatoms. The van der Waals surface area contributed by atoms with Gasteiger partial charge in [0.05, 0.1) is 11.9 Å². The van der Waals surface area contributed by atoms with Crippen LogP contribution in [0, 0.1) is 17.7 Å². The Hall–Kier alpha value is -3.89. The second kappa shape index (κ2) is 8.71. The van der Waals surface area contributed by atoms with Crippen molar-refractivity contribution >= 4 is 11.9 Å². The minimum absolute atomic E-state index is 0.00509. The number of benzene rings is 1. The fourth-order valence-corrected chi connectivity index (χ4v) is 4.89. The first-order valence-electron chi connectivity index (χ1n) is 11.0. The molecule has 1 saturated heterocycles. The second-order valence-electron chi connectivity index (χ2n) is 8.74. The van der Waals surface area contributed by atoms with E-state index in [9.17, 15) is 22.8 Å². The molecule has 3 heterocycles. The van der Waals surface area contributed by atoms with Gasteiger partial charge in [-0.3, -0.25) is 19.1 Å². The average Bonchev–Trinajstić information content (AvgIpc) is 3.33. The molecule has 1 amide bonds. The zero-order valence-corrected chi connectivity index (χ0v) is 18.9. The van der Waals surface area contributed by atoms with Gasteiger partial charge in [-0.2, -0.15) is 8.78 Å². The fourth-order valence-electron chi connectivity index (χ4n) is 4.89. The highest BCUT2D eigenvalue weighted by Crippen LogP contribution is 2.49. The van der Waals surface area contributed by atoms with Crippen molar-refractivity contribution in [1.82, 2.24) is 19.4 Å². The number of piperidine rings is 1. The zero-order chi connectivity index (χ0) is 24.9. The Bertz CT molecular complexity index is 1320. The van der Waals surface area contributed by atoms with Crippen molar-refractivity contribution in [2.75, 3.05) is 25.0 Å². The van der Waals surface area contributed by atoms with Crippen LogP contribution < -0.4 is 15.2 Å². The fraction of sp³-hybridized carbons (Fsp3) is 0.333. The third kappa shape index (κ3) is 4.22. The molecule has 0 bridgehead atoms. The number of ether oxygens (including phenoxy) is 1. The second-order valence-corrected chi connectivity index (χ2v) is 8.74. The van der Waals surface area contributed by atoms with Crippen LogP contribution in [-0.2, 0) is 7.05 Å². The molecule has 35 heavy (non-hydrogen) atoms. The van der Waals surface area contributed by atoms with Crippen molar-refractivity contribution in [2.45, 2.75) is 12.7 Å². The first-order valence-corrected chi connectivity index (χ1v) is 11.0. The third-order valence-electron chi connectivity index (χ3n) is 6.68. The number of hydrogen-bond acceptors (Lipinski definition) is 6. The molecule has 3 aromatic rings. The Balaban J connectivity index is 1.29. The van der Waals surface area contributed by atoms with Gasteiger partial charge in [0.1, 0.15) is 5.75 Å². The van der Waals surface area contributed by atoms with E-state index in [-0.39, 0.29) is 46.4 Å². The molecule has 1 aromatic carbocycles. The first-order chi connectivity index (χ1) is 16.7. The topological polar surface area (TPSA) is 80.6 Å². The highest BCUT2D eigenvalue weighted by Gasteiger charge is 2.59. The standard InChI is InChI=1S/C24H22F3N5O3/c1-30-20(33)9-19(15-7-8-28-10-18(15)25)29-24(30)31(2)21-16-11-32(12-17(16)21)22(34)13-3-5-14(6-4-13)35-23(26)27/h3-10,16-17,21,23H,11-12H2,1-2H3/t16-,17+,21?. The molecule has 1 unspecified atom stereocenters. The third-order valence-corrected chi connectivity index (χ3v) is 6.68. The summed E-state index contributed by atoms with van der Waals surface area (Å²) in [4.78, 5) is 37.4. The van der Waals surface area contributed by atoms with Crippen molar-refractivity contribution in [3.63, 3.8) is 0 Å². The molecule has 3 atom stereocenters. The number of halogens is 3. The number of nitrogens with zero attached hydrogens (tertiary/aromatic N) is 5. The van der Waals surface area contributed by atoms with Crippen molar-refractivity contribution in [2.24, 2.45) is 18.9 Å². The van der Waals surface area contributed by atoms with E-state index in [4.69, 9.17) is 0 Å². The van der Waals surface area contributed by atoms with Crippen LogP contribution in [0.15, 0.2) is 53.6 Å². The van der Waals surface area contributed by atoms with Crippen molar-refractivity contribution in [3.05, 3.63) is 70.5 Å². The van der Waals surface area contributed by atoms with E-state index in [1.165, 1.54) is 47.2 Å². The van der Waals surface area contributed by atoms with Gasteiger partial charge in [-0.05, 0) is 30.3 Å². The number of carbonyl (C=O) groups is 1. The number of pyridine rings is 1. The van der Waals surface area contributed by atoms with Crippen LogP contribution in [0.3, 0.4) is 0 Å². The van der Waals surface area contributed by atoms with E-state index in [0.29, 0.717) is 24.6 Å². The summed E-state index contributed by atoms with van der Waals surface area (Å²) in [5.74, 6) is 0.0633. The lowest BCUT2D eigenvalue weighted by atomic mass is 10.2. The quantitative estimate of drug-likeness (QED) is 0.534. The molecule has 0 radical (unpaired) electrons. The summed E-state index contributed by atoms with van der Waals surface area (Å²) < 4.78 is 44.6. The lowest BCUT2D eigenvalue weighted by molar-refractivity contribution is -0.0498. The van der Waals surface area contributed by atoms with Crippen LogP contribution >= 0.6 is 0 Å². The van der Waals surface area contributed by atoms with E-state index in [0.717, 1.165) is 6.20 Å². The summed E-state index contributed by atoms with van der Waals surface area (Å²) in [7, 11) is 3.45. The minimum Gasteiger partial charge on any atom is -0.435 e. The number of carbonyl (C=O) groups excluding carboxylic acids is 1. The van der Waals surface area contributed by atoms with Crippen LogP contribution in [0.2, 0.25) is 0 Å². The predicted molar refractivity (Wildman–Crippen MR) is 121 cm³/mol. The Morgan fingerprint density at radius 2 is 1.86 bits per heavy atom. The number of rotatable bonds is 6. The Morgan fingerprint density at radius 3 is 2.49 bits per heavy atom. The highest BCUT2D eigenvalue weighted by atomic mass is 19.3. The van der Waals surface area contributed by atoms with Crippen LogP contribution in [0.1, 0.15) is 10.4 Å². The molecule has 8 nitrogen and oxygen atoms in total. The zero-order valence-electron chi connectivity index (χ0n) is 18.9. The van der Waals surface area contributed by atoms with E-state index in [1.54, 1.807) is 11.9 Å². The number of aromatic nitrogens is 3. The number of hydrogen-bond donors (Lipinski definition) is 0. The highest BCUT2D eigenvalue weighted by molar-refractivity contribution is 5.94. The summed E-state index contributed by atoms with van der Waals surface area (Å²) >= 11 is 0. The Labute approximate surface area is 198 Å². The summed E-state index contributed by atoms with van der Waals surface area (Å²) in [6.45, 7) is -1.87. The maximum absolute atomic E-state index is 14.2. The van der Waals surface area contributed by atoms with Gasteiger partial charge in [-0.1, -0.05) is 0 Å². The maximum atomic E-state index is 14.2.